The third kappa shape index (κ3) is 3.27. The van der Waals surface area contributed by atoms with E-state index in [2.05, 4.69) is 43.1 Å². The Kier molecular flexibility index (Phi) is 5.33. The van der Waals surface area contributed by atoms with Crippen LogP contribution in [0.25, 0.3) is 0 Å². The van der Waals surface area contributed by atoms with Gasteiger partial charge in [-0.15, -0.1) is 0 Å². The molecule has 1 fully saturated rings. The molecule has 3 nitrogen and oxygen atoms in total. The van der Waals surface area contributed by atoms with Crippen molar-refractivity contribution >= 4 is 0 Å². The molecule has 118 valence electrons. The average Bonchev–Trinajstić information content (AvgIpc) is 2.45. The predicted octanol–water partition coefficient (Wildman–Crippen LogP) is 3.38. The molecule has 0 saturated heterocycles. The molecule has 21 heavy (non-hydrogen) atoms. The number of nitrogens with zero attached hydrogens (tertiary/aromatic N) is 2. The first-order valence-corrected chi connectivity index (χ1v) is 8.01. The Balaban J connectivity index is 2.44. The molecule has 0 bridgehead atoms. The molecule has 4 heteroatoms. The maximum absolute atomic E-state index is 14.3. The lowest BCUT2D eigenvalue weighted by molar-refractivity contribution is 0.0360. The lowest BCUT2D eigenvalue weighted by atomic mass is 9.69. The first-order chi connectivity index (χ1) is 10.0. The molecular weight excluding hydrogens is 265 g/mol. The van der Waals surface area contributed by atoms with Crippen molar-refractivity contribution in [2.45, 2.75) is 51.1 Å². The summed E-state index contributed by atoms with van der Waals surface area (Å²) >= 11 is 0. The zero-order valence-electron chi connectivity index (χ0n) is 13.7. The average molecular weight is 293 g/mol. The molecule has 3 unspecified atom stereocenters. The normalized spacial score (nSPS) is 27.8. The topological polar surface area (TPSA) is 28.2 Å². The van der Waals surface area contributed by atoms with Crippen LogP contribution in [0.1, 0.15) is 51.1 Å². The van der Waals surface area contributed by atoms with Gasteiger partial charge in [0, 0.05) is 17.3 Å². The van der Waals surface area contributed by atoms with Crippen LogP contribution >= 0.6 is 0 Å². The zero-order valence-corrected chi connectivity index (χ0v) is 13.7. The van der Waals surface area contributed by atoms with E-state index in [9.17, 15) is 4.39 Å². The number of likely N-dealkylation sites (N-methyl/N-ethyl adjacent to an activating group) is 2. The lowest BCUT2D eigenvalue weighted by Crippen LogP contribution is -2.56. The van der Waals surface area contributed by atoms with Gasteiger partial charge >= 0.3 is 0 Å². The van der Waals surface area contributed by atoms with Crippen molar-refractivity contribution in [2.75, 3.05) is 20.6 Å². The molecule has 0 radical (unpaired) electrons. The second kappa shape index (κ2) is 6.84. The van der Waals surface area contributed by atoms with E-state index in [4.69, 9.17) is 0 Å². The number of hydrogen-bond acceptors (Lipinski definition) is 3. The highest BCUT2D eigenvalue weighted by molar-refractivity contribution is 5.23. The molecule has 0 aliphatic heterocycles. The van der Waals surface area contributed by atoms with Crippen LogP contribution in [0.3, 0.4) is 0 Å². The summed E-state index contributed by atoms with van der Waals surface area (Å²) in [6.45, 7) is 5.22. The van der Waals surface area contributed by atoms with Crippen LogP contribution in [0.4, 0.5) is 4.39 Å². The summed E-state index contributed by atoms with van der Waals surface area (Å²) in [7, 11) is 4.25. The van der Waals surface area contributed by atoms with Crippen molar-refractivity contribution in [1.29, 1.82) is 0 Å². The van der Waals surface area contributed by atoms with Crippen LogP contribution in [0.2, 0.25) is 0 Å². The second-order valence-corrected chi connectivity index (χ2v) is 6.59. The van der Waals surface area contributed by atoms with Gasteiger partial charge in [-0.2, -0.15) is 0 Å². The van der Waals surface area contributed by atoms with Gasteiger partial charge in [0.15, 0.2) is 0 Å². The van der Waals surface area contributed by atoms with Crippen LogP contribution in [0.15, 0.2) is 18.5 Å². The predicted molar refractivity (Wildman–Crippen MR) is 84.7 cm³/mol. The molecule has 1 aromatic heterocycles. The first-order valence-electron chi connectivity index (χ1n) is 8.01. The molecular formula is C17H28FN3. The van der Waals surface area contributed by atoms with E-state index in [-0.39, 0.29) is 17.4 Å². The van der Waals surface area contributed by atoms with Crippen molar-refractivity contribution in [3.05, 3.63) is 29.8 Å². The van der Waals surface area contributed by atoms with Gasteiger partial charge in [0.2, 0.25) is 0 Å². The van der Waals surface area contributed by atoms with E-state index < -0.39 is 0 Å². The summed E-state index contributed by atoms with van der Waals surface area (Å²) in [6.07, 6.45) is 7.69. The molecule has 3 atom stereocenters. The van der Waals surface area contributed by atoms with E-state index in [1.807, 2.05) is 6.07 Å². The molecule has 1 heterocycles. The summed E-state index contributed by atoms with van der Waals surface area (Å²) in [5.74, 6) is 0.468. The zero-order chi connectivity index (χ0) is 15.5. The number of halogens is 1. The number of aromatic nitrogens is 1. The molecule has 1 N–H and O–H groups in total. The van der Waals surface area contributed by atoms with Gasteiger partial charge in [0.25, 0.3) is 0 Å². The highest BCUT2D eigenvalue weighted by Crippen LogP contribution is 2.44. The Morgan fingerprint density at radius 2 is 2.29 bits per heavy atom. The van der Waals surface area contributed by atoms with E-state index in [1.165, 1.54) is 19.0 Å². The monoisotopic (exact) mass is 293 g/mol. The standard InChI is InChI=1S/C17H28FN3/c1-5-20-16(14-8-10-19-12-15(14)18)17(21(3)4)9-6-7-13(2)11-17/h8,10,12-13,16,20H,5-7,9,11H2,1-4H3. The molecule has 0 amide bonds. The van der Waals surface area contributed by atoms with Crippen LogP contribution in [-0.4, -0.2) is 36.1 Å². The van der Waals surface area contributed by atoms with Crippen molar-refractivity contribution < 1.29 is 4.39 Å². The Morgan fingerprint density at radius 1 is 1.52 bits per heavy atom. The number of nitrogens with one attached hydrogen (secondary N) is 1. The first kappa shape index (κ1) is 16.4. The Morgan fingerprint density at radius 3 is 2.86 bits per heavy atom. The molecule has 1 aromatic rings. The van der Waals surface area contributed by atoms with Crippen LogP contribution in [-0.2, 0) is 0 Å². The van der Waals surface area contributed by atoms with Crippen molar-refractivity contribution in [3.8, 4) is 0 Å². The highest BCUT2D eigenvalue weighted by Gasteiger charge is 2.44. The quantitative estimate of drug-likeness (QED) is 0.902. The fourth-order valence-electron chi connectivity index (χ4n) is 3.90. The van der Waals surface area contributed by atoms with Crippen LogP contribution in [0, 0.1) is 11.7 Å². The third-order valence-electron chi connectivity index (χ3n) is 4.96. The van der Waals surface area contributed by atoms with Crippen molar-refractivity contribution in [2.24, 2.45) is 5.92 Å². The van der Waals surface area contributed by atoms with Crippen molar-refractivity contribution in [3.63, 3.8) is 0 Å². The summed E-state index contributed by atoms with van der Waals surface area (Å²) in [5.41, 5.74) is 0.713. The SMILES string of the molecule is CCNC(c1ccncc1F)C1(N(C)C)CCCC(C)C1. The van der Waals surface area contributed by atoms with Crippen LogP contribution in [0.5, 0.6) is 0 Å². The van der Waals surface area contributed by atoms with Crippen molar-refractivity contribution in [1.82, 2.24) is 15.2 Å². The minimum Gasteiger partial charge on any atom is -0.309 e. The largest absolute Gasteiger partial charge is 0.309 e. The third-order valence-corrected chi connectivity index (χ3v) is 4.96. The number of pyridine rings is 1. The molecule has 1 aliphatic carbocycles. The summed E-state index contributed by atoms with van der Waals surface area (Å²) < 4.78 is 14.3. The fourth-order valence-corrected chi connectivity index (χ4v) is 3.90. The maximum Gasteiger partial charge on any atom is 0.146 e. The summed E-state index contributed by atoms with van der Waals surface area (Å²) in [6, 6.07) is 1.83. The molecule has 2 rings (SSSR count). The van der Waals surface area contributed by atoms with E-state index in [0.29, 0.717) is 5.92 Å². The minimum atomic E-state index is -0.206. The lowest BCUT2D eigenvalue weighted by Gasteiger charge is -2.50. The van der Waals surface area contributed by atoms with Gasteiger partial charge in [-0.05, 0) is 45.5 Å². The van der Waals surface area contributed by atoms with E-state index >= 15 is 0 Å². The van der Waals surface area contributed by atoms with Crippen LogP contribution < -0.4 is 5.32 Å². The smallest absolute Gasteiger partial charge is 0.146 e. The maximum atomic E-state index is 14.3. The molecule has 0 spiro atoms. The van der Waals surface area contributed by atoms with Gasteiger partial charge in [0.1, 0.15) is 5.82 Å². The van der Waals surface area contributed by atoms with Gasteiger partial charge < -0.3 is 10.2 Å². The Bertz CT molecular complexity index is 463. The molecule has 0 aromatic carbocycles. The minimum absolute atomic E-state index is 0.00301. The number of hydrogen-bond donors (Lipinski definition) is 1. The van der Waals surface area contributed by atoms with Gasteiger partial charge in [-0.25, -0.2) is 4.39 Å². The summed E-state index contributed by atoms with van der Waals surface area (Å²) in [5, 5.41) is 3.54. The van der Waals surface area contributed by atoms with Gasteiger partial charge in [-0.3, -0.25) is 4.98 Å². The molecule has 1 aliphatic rings. The Labute approximate surface area is 127 Å². The fraction of sp³-hybridized carbons (Fsp3) is 0.706. The number of rotatable bonds is 5. The second-order valence-electron chi connectivity index (χ2n) is 6.59. The van der Waals surface area contributed by atoms with Gasteiger partial charge in [-0.1, -0.05) is 26.7 Å². The van der Waals surface area contributed by atoms with E-state index in [1.54, 1.807) is 6.20 Å². The highest BCUT2D eigenvalue weighted by atomic mass is 19.1. The van der Waals surface area contributed by atoms with Gasteiger partial charge in [0.05, 0.1) is 12.2 Å². The summed E-state index contributed by atoms with van der Waals surface area (Å²) in [4.78, 5) is 6.20. The van der Waals surface area contributed by atoms with E-state index in [0.717, 1.165) is 24.9 Å². The Hall–Kier alpha value is -1.00. The molecule has 1 saturated carbocycles.